The normalized spacial score (nSPS) is 15.7. The predicted octanol–water partition coefficient (Wildman–Crippen LogP) is 3.63. The van der Waals surface area contributed by atoms with Crippen molar-refractivity contribution in [3.63, 3.8) is 0 Å². The molecule has 0 amide bonds. The highest BCUT2D eigenvalue weighted by Gasteiger charge is 2.04. The third-order valence-corrected chi connectivity index (χ3v) is 2.91. The highest BCUT2D eigenvalue weighted by Crippen LogP contribution is 2.13. The zero-order chi connectivity index (χ0) is 11.2. The van der Waals surface area contributed by atoms with Gasteiger partial charge in [0, 0.05) is 18.7 Å². The van der Waals surface area contributed by atoms with E-state index in [1.807, 2.05) is 0 Å². The highest BCUT2D eigenvalue weighted by molar-refractivity contribution is 5.95. The van der Waals surface area contributed by atoms with E-state index in [-0.39, 0.29) is 0 Å². The Balaban J connectivity index is 1.96. The van der Waals surface area contributed by atoms with Crippen molar-refractivity contribution in [2.75, 3.05) is 11.9 Å². The molecule has 0 bridgehead atoms. The molecule has 0 saturated heterocycles. The van der Waals surface area contributed by atoms with Gasteiger partial charge in [-0.05, 0) is 37.0 Å². The molecule has 0 spiro atoms. The van der Waals surface area contributed by atoms with Gasteiger partial charge in [0.25, 0.3) is 0 Å². The lowest BCUT2D eigenvalue weighted by Crippen LogP contribution is -2.15. The molecule has 1 aromatic rings. The smallest absolute Gasteiger partial charge is 0.101 e. The van der Waals surface area contributed by atoms with Gasteiger partial charge in [0.05, 0.1) is 0 Å². The van der Waals surface area contributed by atoms with Gasteiger partial charge in [-0.2, -0.15) is 0 Å². The maximum absolute atomic E-state index is 4.49. The van der Waals surface area contributed by atoms with E-state index in [4.69, 9.17) is 0 Å². The van der Waals surface area contributed by atoms with Crippen molar-refractivity contribution in [1.82, 2.24) is 0 Å². The zero-order valence-corrected chi connectivity index (χ0v) is 10.00. The topological polar surface area (TPSA) is 24.4 Å². The molecular weight excluding hydrogens is 196 g/mol. The van der Waals surface area contributed by atoms with E-state index >= 15 is 0 Å². The van der Waals surface area contributed by atoms with E-state index in [2.05, 4.69) is 41.5 Å². The lowest BCUT2D eigenvalue weighted by Gasteiger charge is -2.14. The van der Waals surface area contributed by atoms with Crippen LogP contribution in [0.5, 0.6) is 0 Å². The first-order chi connectivity index (χ1) is 7.88. The lowest BCUT2D eigenvalue weighted by atomic mass is 10.1. The second-order valence-corrected chi connectivity index (χ2v) is 4.36. The number of nitrogens with one attached hydrogen (secondary N) is 1. The van der Waals surface area contributed by atoms with Crippen LogP contribution in [-0.4, -0.2) is 12.4 Å². The quantitative estimate of drug-likeness (QED) is 0.819. The molecule has 0 fully saturated rings. The second-order valence-electron chi connectivity index (χ2n) is 4.36. The first-order valence-corrected chi connectivity index (χ1v) is 6.28. The number of hydrogen-bond acceptors (Lipinski definition) is 2. The summed E-state index contributed by atoms with van der Waals surface area (Å²) in [5, 5.41) is 3.40. The van der Waals surface area contributed by atoms with Gasteiger partial charge in [0.15, 0.2) is 0 Å². The molecule has 0 aliphatic carbocycles. The predicted molar refractivity (Wildman–Crippen MR) is 70.2 cm³/mol. The average Bonchev–Trinajstić information content (AvgIpc) is 2.33. The zero-order valence-electron chi connectivity index (χ0n) is 10.00. The molecule has 0 atom stereocenters. The number of amidine groups is 1. The molecule has 1 aliphatic rings. The maximum Gasteiger partial charge on any atom is 0.101 e. The van der Waals surface area contributed by atoms with E-state index < -0.39 is 0 Å². The monoisotopic (exact) mass is 216 g/mol. The molecular formula is C14H20N2. The molecule has 1 aliphatic heterocycles. The van der Waals surface area contributed by atoms with Crippen LogP contribution in [0.2, 0.25) is 0 Å². The Labute approximate surface area is 97.8 Å². The van der Waals surface area contributed by atoms with Crippen LogP contribution in [0.25, 0.3) is 0 Å². The van der Waals surface area contributed by atoms with Crippen LogP contribution in [0, 0.1) is 0 Å². The number of benzene rings is 1. The minimum atomic E-state index is 0.982. The number of aryl methyl sites for hydroxylation is 1. The van der Waals surface area contributed by atoms with Gasteiger partial charge in [0.2, 0.25) is 0 Å². The molecule has 0 radical (unpaired) electrons. The van der Waals surface area contributed by atoms with Crippen LogP contribution in [0.3, 0.4) is 0 Å². The molecule has 0 aromatic heterocycles. The summed E-state index contributed by atoms with van der Waals surface area (Å²) in [6.07, 6.45) is 5.97. The first-order valence-electron chi connectivity index (χ1n) is 6.28. The van der Waals surface area contributed by atoms with Crippen LogP contribution in [0.15, 0.2) is 29.3 Å². The molecule has 1 aromatic carbocycles. The van der Waals surface area contributed by atoms with Crippen LogP contribution in [0.1, 0.15) is 38.2 Å². The van der Waals surface area contributed by atoms with Crippen LogP contribution < -0.4 is 5.32 Å². The number of hydrogen-bond donors (Lipinski definition) is 1. The Morgan fingerprint density at radius 1 is 1.19 bits per heavy atom. The summed E-state index contributed by atoms with van der Waals surface area (Å²) < 4.78 is 0. The SMILES string of the molecule is CCCc1ccc(NC2=NCCCC2)cc1. The number of aliphatic imine (C=N–C) groups is 1. The molecule has 2 heteroatoms. The van der Waals surface area contributed by atoms with E-state index in [0.717, 1.165) is 18.8 Å². The average molecular weight is 216 g/mol. The Morgan fingerprint density at radius 2 is 2.00 bits per heavy atom. The summed E-state index contributed by atoms with van der Waals surface area (Å²) in [4.78, 5) is 4.49. The third-order valence-electron chi connectivity index (χ3n) is 2.91. The fourth-order valence-electron chi connectivity index (χ4n) is 2.01. The lowest BCUT2D eigenvalue weighted by molar-refractivity contribution is 0.737. The highest BCUT2D eigenvalue weighted by atomic mass is 15.0. The Hall–Kier alpha value is -1.31. The van der Waals surface area contributed by atoms with E-state index in [1.54, 1.807) is 0 Å². The minimum absolute atomic E-state index is 0.982. The van der Waals surface area contributed by atoms with Gasteiger partial charge in [0.1, 0.15) is 5.84 Å². The van der Waals surface area contributed by atoms with E-state index in [9.17, 15) is 0 Å². The molecule has 2 nitrogen and oxygen atoms in total. The summed E-state index contributed by atoms with van der Waals surface area (Å²) in [5.74, 6) is 1.15. The Morgan fingerprint density at radius 3 is 2.62 bits per heavy atom. The maximum atomic E-state index is 4.49. The number of rotatable bonds is 3. The van der Waals surface area contributed by atoms with Crippen molar-refractivity contribution in [1.29, 1.82) is 0 Å². The standard InChI is InChI=1S/C14H20N2/c1-2-5-12-7-9-13(10-8-12)16-14-6-3-4-11-15-14/h7-10H,2-6,11H2,1H3,(H,15,16). The van der Waals surface area contributed by atoms with E-state index in [0.29, 0.717) is 0 Å². The number of nitrogens with zero attached hydrogens (tertiary/aromatic N) is 1. The fourth-order valence-corrected chi connectivity index (χ4v) is 2.01. The fraction of sp³-hybridized carbons (Fsp3) is 0.500. The van der Waals surface area contributed by atoms with Crippen molar-refractivity contribution in [3.8, 4) is 0 Å². The summed E-state index contributed by atoms with van der Waals surface area (Å²) >= 11 is 0. The Kier molecular flexibility index (Phi) is 3.97. The molecule has 2 rings (SSSR count). The molecule has 16 heavy (non-hydrogen) atoms. The third kappa shape index (κ3) is 3.09. The molecule has 1 heterocycles. The van der Waals surface area contributed by atoms with Gasteiger partial charge < -0.3 is 5.32 Å². The first kappa shape index (κ1) is 11.2. The summed E-state index contributed by atoms with van der Waals surface area (Å²) in [6.45, 7) is 3.19. The summed E-state index contributed by atoms with van der Waals surface area (Å²) in [6, 6.07) is 8.72. The molecule has 1 N–H and O–H groups in total. The van der Waals surface area contributed by atoms with Crippen LogP contribution in [-0.2, 0) is 6.42 Å². The summed E-state index contributed by atoms with van der Waals surface area (Å²) in [7, 11) is 0. The summed E-state index contributed by atoms with van der Waals surface area (Å²) in [5.41, 5.74) is 2.58. The largest absolute Gasteiger partial charge is 0.344 e. The van der Waals surface area contributed by atoms with Crippen molar-refractivity contribution >= 4 is 11.5 Å². The van der Waals surface area contributed by atoms with Crippen LogP contribution >= 0.6 is 0 Å². The van der Waals surface area contributed by atoms with E-state index in [1.165, 1.54) is 36.9 Å². The second kappa shape index (κ2) is 5.69. The minimum Gasteiger partial charge on any atom is -0.344 e. The van der Waals surface area contributed by atoms with Gasteiger partial charge in [-0.1, -0.05) is 25.5 Å². The van der Waals surface area contributed by atoms with Gasteiger partial charge >= 0.3 is 0 Å². The van der Waals surface area contributed by atoms with Crippen molar-refractivity contribution < 1.29 is 0 Å². The van der Waals surface area contributed by atoms with Crippen molar-refractivity contribution in [2.24, 2.45) is 4.99 Å². The number of anilines is 1. The molecule has 0 saturated carbocycles. The molecule has 86 valence electrons. The van der Waals surface area contributed by atoms with Crippen molar-refractivity contribution in [3.05, 3.63) is 29.8 Å². The van der Waals surface area contributed by atoms with Crippen molar-refractivity contribution in [2.45, 2.75) is 39.0 Å². The molecule has 0 unspecified atom stereocenters. The Bertz CT molecular complexity index is 352. The van der Waals surface area contributed by atoms with Gasteiger partial charge in [-0.25, -0.2) is 0 Å². The van der Waals surface area contributed by atoms with Crippen LogP contribution in [0.4, 0.5) is 5.69 Å². The van der Waals surface area contributed by atoms with Gasteiger partial charge in [-0.15, -0.1) is 0 Å². The van der Waals surface area contributed by atoms with Gasteiger partial charge in [-0.3, -0.25) is 4.99 Å².